The summed E-state index contributed by atoms with van der Waals surface area (Å²) in [5, 5.41) is 3.23. The Bertz CT molecular complexity index is 534. The van der Waals surface area contributed by atoms with Gasteiger partial charge in [-0.1, -0.05) is 33.6 Å². The standard InChI is InChI=1S/C14H12BrNO/c1-10-2-5-13(6-3-10)16-14-7-4-12(15)8-11(14)9-17/h2-9,16H,1H3. The zero-order chi connectivity index (χ0) is 12.3. The number of anilines is 2. The maximum atomic E-state index is 11.0. The number of aldehydes is 1. The van der Waals surface area contributed by atoms with Crippen molar-refractivity contribution >= 4 is 33.6 Å². The molecule has 0 aliphatic heterocycles. The van der Waals surface area contributed by atoms with Gasteiger partial charge in [-0.2, -0.15) is 0 Å². The molecule has 0 radical (unpaired) electrons. The lowest BCUT2D eigenvalue weighted by Gasteiger charge is -2.09. The van der Waals surface area contributed by atoms with Crippen LogP contribution in [0.2, 0.25) is 0 Å². The molecule has 0 aliphatic rings. The van der Waals surface area contributed by atoms with E-state index >= 15 is 0 Å². The lowest BCUT2D eigenvalue weighted by molar-refractivity contribution is 0.112. The highest BCUT2D eigenvalue weighted by Gasteiger charge is 2.02. The van der Waals surface area contributed by atoms with Crippen LogP contribution in [0.5, 0.6) is 0 Å². The molecule has 0 spiro atoms. The molecule has 2 rings (SSSR count). The number of benzene rings is 2. The molecule has 0 aliphatic carbocycles. The molecule has 0 fully saturated rings. The molecule has 2 aromatic rings. The molecule has 0 saturated carbocycles. The van der Waals surface area contributed by atoms with E-state index < -0.39 is 0 Å². The predicted molar refractivity (Wildman–Crippen MR) is 74.0 cm³/mol. The summed E-state index contributed by atoms with van der Waals surface area (Å²) in [6.07, 6.45) is 0.848. The van der Waals surface area contributed by atoms with E-state index in [1.165, 1.54) is 5.56 Å². The largest absolute Gasteiger partial charge is 0.355 e. The van der Waals surface area contributed by atoms with Gasteiger partial charge in [0.1, 0.15) is 0 Å². The molecule has 0 bridgehead atoms. The Kier molecular flexibility index (Phi) is 3.59. The summed E-state index contributed by atoms with van der Waals surface area (Å²) in [6, 6.07) is 13.6. The quantitative estimate of drug-likeness (QED) is 0.853. The average Bonchev–Trinajstić information content (AvgIpc) is 2.34. The molecule has 0 amide bonds. The highest BCUT2D eigenvalue weighted by atomic mass is 79.9. The summed E-state index contributed by atoms with van der Waals surface area (Å²) in [7, 11) is 0. The van der Waals surface area contributed by atoms with E-state index in [0.29, 0.717) is 5.56 Å². The molecule has 0 heterocycles. The van der Waals surface area contributed by atoms with Crippen LogP contribution in [-0.4, -0.2) is 6.29 Å². The first-order valence-electron chi connectivity index (χ1n) is 5.27. The zero-order valence-electron chi connectivity index (χ0n) is 9.41. The molecule has 1 N–H and O–H groups in total. The number of carbonyl (C=O) groups is 1. The van der Waals surface area contributed by atoms with Crippen molar-refractivity contribution in [2.24, 2.45) is 0 Å². The van der Waals surface area contributed by atoms with Crippen LogP contribution in [0.15, 0.2) is 46.9 Å². The minimum atomic E-state index is 0.639. The van der Waals surface area contributed by atoms with Gasteiger partial charge in [0, 0.05) is 21.4 Å². The van der Waals surface area contributed by atoms with Crippen molar-refractivity contribution in [1.29, 1.82) is 0 Å². The molecule has 3 heteroatoms. The fraction of sp³-hybridized carbons (Fsp3) is 0.0714. The van der Waals surface area contributed by atoms with E-state index in [4.69, 9.17) is 0 Å². The van der Waals surface area contributed by atoms with Gasteiger partial charge in [-0.3, -0.25) is 4.79 Å². The second-order valence-electron chi connectivity index (χ2n) is 3.84. The van der Waals surface area contributed by atoms with Crippen molar-refractivity contribution in [2.45, 2.75) is 6.92 Å². The number of hydrogen-bond donors (Lipinski definition) is 1. The molecule has 2 aromatic carbocycles. The van der Waals surface area contributed by atoms with Gasteiger partial charge in [0.25, 0.3) is 0 Å². The van der Waals surface area contributed by atoms with Gasteiger partial charge in [-0.15, -0.1) is 0 Å². The Morgan fingerprint density at radius 1 is 1.12 bits per heavy atom. The van der Waals surface area contributed by atoms with Gasteiger partial charge >= 0.3 is 0 Å². The summed E-state index contributed by atoms with van der Waals surface area (Å²) in [5.74, 6) is 0. The van der Waals surface area contributed by atoms with Crippen molar-refractivity contribution in [3.63, 3.8) is 0 Å². The van der Waals surface area contributed by atoms with E-state index in [0.717, 1.165) is 22.1 Å². The summed E-state index contributed by atoms with van der Waals surface area (Å²) in [5.41, 5.74) is 3.63. The van der Waals surface area contributed by atoms with Crippen molar-refractivity contribution in [2.75, 3.05) is 5.32 Å². The third-order valence-corrected chi connectivity index (χ3v) is 2.96. The Balaban J connectivity index is 2.29. The van der Waals surface area contributed by atoms with Crippen LogP contribution < -0.4 is 5.32 Å². The molecule has 86 valence electrons. The van der Waals surface area contributed by atoms with Crippen LogP contribution >= 0.6 is 15.9 Å². The van der Waals surface area contributed by atoms with Crippen LogP contribution in [0.3, 0.4) is 0 Å². The topological polar surface area (TPSA) is 29.1 Å². The van der Waals surface area contributed by atoms with Crippen LogP contribution in [0.25, 0.3) is 0 Å². The molecular formula is C14H12BrNO. The van der Waals surface area contributed by atoms with Crippen molar-refractivity contribution in [1.82, 2.24) is 0 Å². The summed E-state index contributed by atoms with van der Waals surface area (Å²) >= 11 is 3.35. The van der Waals surface area contributed by atoms with Crippen molar-refractivity contribution in [3.05, 3.63) is 58.1 Å². The Morgan fingerprint density at radius 3 is 2.47 bits per heavy atom. The second kappa shape index (κ2) is 5.15. The molecule has 0 saturated heterocycles. The number of carbonyl (C=O) groups excluding carboxylic acids is 1. The number of aryl methyl sites for hydroxylation is 1. The SMILES string of the molecule is Cc1ccc(Nc2ccc(Br)cc2C=O)cc1. The number of hydrogen-bond acceptors (Lipinski definition) is 2. The van der Waals surface area contributed by atoms with Crippen molar-refractivity contribution in [3.8, 4) is 0 Å². The number of rotatable bonds is 3. The predicted octanol–water partition coefficient (Wildman–Crippen LogP) is 4.31. The van der Waals surface area contributed by atoms with Gasteiger partial charge in [0.15, 0.2) is 6.29 Å². The van der Waals surface area contributed by atoms with Crippen molar-refractivity contribution < 1.29 is 4.79 Å². The average molecular weight is 290 g/mol. The normalized spacial score (nSPS) is 10.0. The van der Waals surface area contributed by atoms with Crippen LogP contribution in [0.4, 0.5) is 11.4 Å². The van der Waals surface area contributed by atoms with E-state index in [9.17, 15) is 4.79 Å². The summed E-state index contributed by atoms with van der Waals surface area (Å²) in [6.45, 7) is 2.04. The van der Waals surface area contributed by atoms with E-state index in [1.54, 1.807) is 6.07 Å². The second-order valence-corrected chi connectivity index (χ2v) is 4.76. The summed E-state index contributed by atoms with van der Waals surface area (Å²) in [4.78, 5) is 11.0. The zero-order valence-corrected chi connectivity index (χ0v) is 11.0. The fourth-order valence-corrected chi connectivity index (χ4v) is 1.92. The fourth-order valence-electron chi connectivity index (χ4n) is 1.54. The lowest BCUT2D eigenvalue weighted by Crippen LogP contribution is -1.95. The van der Waals surface area contributed by atoms with Gasteiger partial charge in [0.05, 0.1) is 0 Å². The highest BCUT2D eigenvalue weighted by Crippen LogP contribution is 2.23. The molecule has 0 aromatic heterocycles. The Hall–Kier alpha value is -1.61. The van der Waals surface area contributed by atoms with Gasteiger partial charge in [-0.25, -0.2) is 0 Å². The smallest absolute Gasteiger partial charge is 0.152 e. The first kappa shape index (κ1) is 11.9. The van der Waals surface area contributed by atoms with E-state index in [-0.39, 0.29) is 0 Å². The minimum Gasteiger partial charge on any atom is -0.355 e. The van der Waals surface area contributed by atoms with Crippen LogP contribution in [0, 0.1) is 6.92 Å². The van der Waals surface area contributed by atoms with Crippen LogP contribution in [-0.2, 0) is 0 Å². The summed E-state index contributed by atoms with van der Waals surface area (Å²) < 4.78 is 0.897. The first-order valence-corrected chi connectivity index (χ1v) is 6.07. The number of nitrogens with one attached hydrogen (secondary N) is 1. The van der Waals surface area contributed by atoms with E-state index in [2.05, 4.69) is 21.2 Å². The van der Waals surface area contributed by atoms with Gasteiger partial charge in [0.2, 0.25) is 0 Å². The lowest BCUT2D eigenvalue weighted by atomic mass is 10.1. The van der Waals surface area contributed by atoms with E-state index in [1.807, 2.05) is 43.3 Å². The van der Waals surface area contributed by atoms with Crippen LogP contribution in [0.1, 0.15) is 15.9 Å². The van der Waals surface area contributed by atoms with Gasteiger partial charge in [-0.05, 0) is 37.3 Å². The maximum Gasteiger partial charge on any atom is 0.152 e. The molecule has 0 unspecified atom stereocenters. The molecular weight excluding hydrogens is 278 g/mol. The number of halogens is 1. The minimum absolute atomic E-state index is 0.639. The highest BCUT2D eigenvalue weighted by molar-refractivity contribution is 9.10. The monoisotopic (exact) mass is 289 g/mol. The first-order chi connectivity index (χ1) is 8.19. The Labute approximate surface area is 109 Å². The maximum absolute atomic E-state index is 11.0. The third-order valence-electron chi connectivity index (χ3n) is 2.47. The molecule has 0 atom stereocenters. The Morgan fingerprint density at radius 2 is 1.82 bits per heavy atom. The van der Waals surface area contributed by atoms with Gasteiger partial charge < -0.3 is 5.32 Å². The third kappa shape index (κ3) is 2.94. The molecule has 2 nitrogen and oxygen atoms in total. The molecule has 17 heavy (non-hydrogen) atoms.